The monoisotopic (exact) mass is 523 g/mol. The molecule has 3 N–H and O–H groups in total. The number of sulfonamides is 1. The SMILES string of the molecule is C=CC[N+](CC=C)=C1SCC(O)(c2ccc(Cl)c(S(N)(=O)=O)c2)N1CCCC.[Br-]. The fraction of sp³-hybridized carbons (Fsp3) is 0.421. The van der Waals surface area contributed by atoms with E-state index in [1.807, 2.05) is 4.90 Å². The van der Waals surface area contributed by atoms with Crippen LogP contribution < -0.4 is 22.1 Å². The number of nitrogens with two attached hydrogens (primary N) is 1. The van der Waals surface area contributed by atoms with Crippen molar-refractivity contribution in [1.29, 1.82) is 0 Å². The Morgan fingerprint density at radius 2 is 2.00 bits per heavy atom. The van der Waals surface area contributed by atoms with E-state index in [1.54, 1.807) is 18.2 Å². The zero-order valence-electron chi connectivity index (χ0n) is 16.4. The molecule has 6 nitrogen and oxygen atoms in total. The second-order valence-electron chi connectivity index (χ2n) is 6.57. The number of hydrogen-bond donors (Lipinski definition) is 2. The standard InChI is InChI=1S/C19H27ClN3O3S2.BrH/c1-4-7-12-23-18(22(10-5-2)11-6-3)27-14-19(23,24)15-8-9-16(20)17(13-15)28(21,25)26;/h5-6,8-9,13,24H,2-4,7,10-12,14H2,1H3,(H2,21,25,26);1H/q+1;/p-1. The lowest BCUT2D eigenvalue weighted by Crippen LogP contribution is -3.00. The summed E-state index contributed by atoms with van der Waals surface area (Å²) in [5.41, 5.74) is -0.934. The van der Waals surface area contributed by atoms with Crippen LogP contribution in [-0.4, -0.2) is 53.6 Å². The summed E-state index contributed by atoms with van der Waals surface area (Å²) in [5.74, 6) is 0.350. The van der Waals surface area contributed by atoms with Crippen LogP contribution in [0.1, 0.15) is 25.3 Å². The molecular weight excluding hydrogens is 498 g/mol. The molecule has 1 fully saturated rings. The first-order chi connectivity index (χ1) is 13.2. The minimum Gasteiger partial charge on any atom is -1.00 e. The quantitative estimate of drug-likeness (QED) is 0.343. The molecule has 2 rings (SSSR count). The maximum absolute atomic E-state index is 11.9. The zero-order valence-corrected chi connectivity index (χ0v) is 20.3. The van der Waals surface area contributed by atoms with Crippen LogP contribution in [0.5, 0.6) is 0 Å². The molecule has 1 heterocycles. The van der Waals surface area contributed by atoms with E-state index in [9.17, 15) is 13.5 Å². The van der Waals surface area contributed by atoms with Gasteiger partial charge in [-0.05, 0) is 30.3 Å². The summed E-state index contributed by atoms with van der Waals surface area (Å²) in [4.78, 5) is 1.73. The lowest BCUT2D eigenvalue weighted by molar-refractivity contribution is -0.510. The zero-order chi connectivity index (χ0) is 20.9. The van der Waals surface area contributed by atoms with Gasteiger partial charge in [0, 0.05) is 5.56 Å². The van der Waals surface area contributed by atoms with Gasteiger partial charge in [0.15, 0.2) is 0 Å². The molecule has 1 aliphatic heterocycles. The van der Waals surface area contributed by atoms with Crippen molar-refractivity contribution in [2.45, 2.75) is 30.4 Å². The summed E-state index contributed by atoms with van der Waals surface area (Å²) in [6, 6.07) is 4.47. The van der Waals surface area contributed by atoms with Crippen molar-refractivity contribution < 1.29 is 35.1 Å². The van der Waals surface area contributed by atoms with Crippen molar-refractivity contribution in [2.75, 3.05) is 25.4 Å². The predicted octanol–water partition coefficient (Wildman–Crippen LogP) is -0.274. The van der Waals surface area contributed by atoms with E-state index in [4.69, 9.17) is 16.7 Å². The first-order valence-corrected chi connectivity index (χ1v) is 11.9. The van der Waals surface area contributed by atoms with Gasteiger partial charge in [0.1, 0.15) is 18.0 Å². The van der Waals surface area contributed by atoms with Crippen LogP contribution in [0.15, 0.2) is 48.4 Å². The number of aliphatic hydroxyl groups is 1. The van der Waals surface area contributed by atoms with Crippen LogP contribution in [0.4, 0.5) is 0 Å². The summed E-state index contributed by atoms with van der Waals surface area (Å²) in [6.45, 7) is 11.5. The van der Waals surface area contributed by atoms with Crippen LogP contribution in [0.2, 0.25) is 5.02 Å². The number of nitrogens with zero attached hydrogens (tertiary/aromatic N) is 2. The number of amidine groups is 1. The van der Waals surface area contributed by atoms with Crippen LogP contribution in [0, 0.1) is 0 Å². The predicted molar refractivity (Wildman–Crippen MR) is 116 cm³/mol. The van der Waals surface area contributed by atoms with Crippen LogP contribution >= 0.6 is 23.4 Å². The third kappa shape index (κ3) is 5.86. The van der Waals surface area contributed by atoms with Crippen molar-refractivity contribution in [3.8, 4) is 0 Å². The molecule has 0 spiro atoms. The van der Waals surface area contributed by atoms with Crippen LogP contribution in [-0.2, 0) is 15.7 Å². The Morgan fingerprint density at radius 3 is 2.52 bits per heavy atom. The molecule has 10 heteroatoms. The highest BCUT2D eigenvalue weighted by Gasteiger charge is 2.52. The van der Waals surface area contributed by atoms with Gasteiger partial charge < -0.3 is 22.1 Å². The van der Waals surface area contributed by atoms with E-state index in [-0.39, 0.29) is 26.9 Å². The molecule has 0 bridgehead atoms. The Morgan fingerprint density at radius 1 is 1.38 bits per heavy atom. The average molecular weight is 525 g/mol. The highest BCUT2D eigenvalue weighted by atomic mass is 79.9. The summed E-state index contributed by atoms with van der Waals surface area (Å²) in [7, 11) is -4.01. The first kappa shape index (κ1) is 26.2. The van der Waals surface area contributed by atoms with Gasteiger partial charge in [-0.2, -0.15) is 0 Å². The fourth-order valence-corrected chi connectivity index (χ4v) is 5.54. The molecule has 1 aromatic rings. The van der Waals surface area contributed by atoms with Gasteiger partial charge in [-0.15, -0.1) is 0 Å². The highest BCUT2D eigenvalue weighted by Crippen LogP contribution is 2.40. The van der Waals surface area contributed by atoms with Crippen molar-refractivity contribution >= 4 is 38.6 Å². The second kappa shape index (κ2) is 11.0. The van der Waals surface area contributed by atoms with E-state index in [0.29, 0.717) is 31.0 Å². The van der Waals surface area contributed by atoms with Crippen molar-refractivity contribution in [1.82, 2.24) is 4.90 Å². The molecule has 1 atom stereocenters. The summed E-state index contributed by atoms with van der Waals surface area (Å²) < 4.78 is 25.8. The minimum atomic E-state index is -4.01. The molecule has 0 aromatic heterocycles. The molecule has 0 aliphatic carbocycles. The highest BCUT2D eigenvalue weighted by molar-refractivity contribution is 8.13. The minimum absolute atomic E-state index is 0. The third-order valence-electron chi connectivity index (χ3n) is 4.48. The van der Waals surface area contributed by atoms with Gasteiger partial charge >= 0.3 is 5.17 Å². The molecular formula is C19H27BrClN3O3S2. The van der Waals surface area contributed by atoms with Crippen LogP contribution in [0.3, 0.4) is 0 Å². The smallest absolute Gasteiger partial charge is 0.311 e. The Hall–Kier alpha value is -0.840. The van der Waals surface area contributed by atoms with Gasteiger partial charge in [0.05, 0.1) is 17.3 Å². The van der Waals surface area contributed by atoms with E-state index in [2.05, 4.69) is 24.7 Å². The Balaban J connectivity index is 0.00000420. The third-order valence-corrected chi connectivity index (χ3v) is 7.16. The van der Waals surface area contributed by atoms with Crippen molar-refractivity contribution in [3.63, 3.8) is 0 Å². The molecule has 1 aromatic carbocycles. The molecule has 0 radical (unpaired) electrons. The van der Waals surface area contributed by atoms with Gasteiger partial charge in [0.25, 0.3) is 0 Å². The summed E-state index contributed by atoms with van der Waals surface area (Å²) >= 11 is 7.54. The van der Waals surface area contributed by atoms with E-state index >= 15 is 0 Å². The number of halogens is 2. The van der Waals surface area contributed by atoms with Gasteiger partial charge in [-0.1, -0.05) is 56.3 Å². The number of primary sulfonamides is 1. The van der Waals surface area contributed by atoms with E-state index in [1.165, 1.54) is 23.9 Å². The largest absolute Gasteiger partial charge is 1.00 e. The average Bonchev–Trinajstić information content (AvgIpc) is 2.96. The number of hydrogen-bond acceptors (Lipinski definition) is 4. The van der Waals surface area contributed by atoms with Crippen molar-refractivity contribution in [3.05, 3.63) is 54.1 Å². The molecule has 1 unspecified atom stereocenters. The number of rotatable bonds is 9. The number of benzene rings is 1. The lowest BCUT2D eigenvalue weighted by atomic mass is 10.0. The molecule has 29 heavy (non-hydrogen) atoms. The maximum Gasteiger partial charge on any atom is 0.311 e. The molecule has 1 saturated heterocycles. The topological polar surface area (TPSA) is 86.6 Å². The normalized spacial score (nSPS) is 19.0. The van der Waals surface area contributed by atoms with Gasteiger partial charge in [-0.25, -0.2) is 23.0 Å². The maximum atomic E-state index is 11.9. The molecule has 0 amide bonds. The number of thioether (sulfide) groups is 1. The second-order valence-corrected chi connectivity index (χ2v) is 9.45. The van der Waals surface area contributed by atoms with Crippen molar-refractivity contribution in [2.24, 2.45) is 5.14 Å². The summed E-state index contributed by atoms with van der Waals surface area (Å²) in [6.07, 6.45) is 5.43. The Bertz CT molecular complexity index is 881. The van der Waals surface area contributed by atoms with E-state index < -0.39 is 15.7 Å². The molecule has 162 valence electrons. The lowest BCUT2D eigenvalue weighted by Gasteiger charge is -2.29. The first-order valence-electron chi connectivity index (χ1n) is 8.98. The van der Waals surface area contributed by atoms with E-state index in [0.717, 1.165) is 18.0 Å². The Labute approximate surface area is 192 Å². The Kier molecular flexibility index (Phi) is 9.91. The number of unbranched alkanes of at least 4 members (excludes halogenated alkanes) is 1. The molecule has 0 saturated carbocycles. The van der Waals surface area contributed by atoms with Crippen LogP contribution in [0.25, 0.3) is 0 Å². The van der Waals surface area contributed by atoms with Gasteiger partial charge in [-0.3, -0.25) is 0 Å². The van der Waals surface area contributed by atoms with Gasteiger partial charge in [0.2, 0.25) is 15.7 Å². The molecule has 1 aliphatic rings. The summed E-state index contributed by atoms with van der Waals surface area (Å²) in [5, 5.41) is 17.8. The fourth-order valence-electron chi connectivity index (χ4n) is 3.09.